The summed E-state index contributed by atoms with van der Waals surface area (Å²) in [5.41, 5.74) is 0.448. The third-order valence-corrected chi connectivity index (χ3v) is 12.4. The Kier molecular flexibility index (Phi) is 8.43. The molecule has 4 fully saturated rings. The first kappa shape index (κ1) is 29.2. The third kappa shape index (κ3) is 6.36. The van der Waals surface area contributed by atoms with Gasteiger partial charge in [0, 0.05) is 13.0 Å². The molecule has 3 N–H and O–H groups in total. The maximum absolute atomic E-state index is 12.2. The predicted octanol–water partition coefficient (Wildman–Crippen LogP) is 4.25. The van der Waals surface area contributed by atoms with Crippen molar-refractivity contribution in [2.24, 2.45) is 46.3 Å². The number of carbonyl (C=O) groups excluding carboxylic acids is 1. The molecular weight excluding hydrogens is 518 g/mol. The fourth-order valence-electron chi connectivity index (χ4n) is 9.42. The summed E-state index contributed by atoms with van der Waals surface area (Å²) in [5, 5.41) is 2.60. The number of carbonyl (C=O) groups is 1. The number of fused-ring (bicyclic) bond motifs is 5. The van der Waals surface area contributed by atoms with Crippen LogP contribution in [0.4, 0.5) is 0 Å². The van der Waals surface area contributed by atoms with Crippen LogP contribution < -0.4 is 5.32 Å². The third-order valence-electron chi connectivity index (χ3n) is 11.1. The lowest BCUT2D eigenvalue weighted by Crippen LogP contribution is -2.54. The van der Waals surface area contributed by atoms with Crippen LogP contribution in [0.2, 0.25) is 0 Å². The van der Waals surface area contributed by atoms with Gasteiger partial charge in [-0.3, -0.25) is 13.9 Å². The van der Waals surface area contributed by atoms with Crippen molar-refractivity contribution >= 4 is 26.4 Å². The van der Waals surface area contributed by atoms with Gasteiger partial charge in [0.05, 0.1) is 11.9 Å². The maximum atomic E-state index is 12.2. The van der Waals surface area contributed by atoms with Crippen LogP contribution in [0.5, 0.6) is 0 Å². The highest BCUT2D eigenvalue weighted by Gasteiger charge is 2.60. The van der Waals surface area contributed by atoms with E-state index in [0.717, 1.165) is 19.3 Å². The molecule has 4 aliphatic rings. The minimum absolute atomic E-state index is 0.0687. The van der Waals surface area contributed by atoms with Crippen LogP contribution >= 0.6 is 0 Å². The van der Waals surface area contributed by atoms with Crippen LogP contribution in [-0.4, -0.2) is 50.2 Å². The zero-order chi connectivity index (χ0) is 27.2. The number of amides is 1. The van der Waals surface area contributed by atoms with Gasteiger partial charge in [-0.15, -0.1) is 0 Å². The van der Waals surface area contributed by atoms with Crippen molar-refractivity contribution in [3.63, 3.8) is 0 Å². The Balaban J connectivity index is 1.35. The van der Waals surface area contributed by atoms with Crippen molar-refractivity contribution in [2.45, 2.75) is 97.5 Å². The van der Waals surface area contributed by atoms with Crippen LogP contribution in [0.15, 0.2) is 0 Å². The van der Waals surface area contributed by atoms with Crippen LogP contribution in [0.25, 0.3) is 0 Å². The molecule has 4 saturated carbocycles. The summed E-state index contributed by atoms with van der Waals surface area (Å²) in [4.78, 5) is 12.2. The molecule has 0 aromatic rings. The van der Waals surface area contributed by atoms with Crippen molar-refractivity contribution < 1.29 is 34.9 Å². The van der Waals surface area contributed by atoms with E-state index in [1.54, 1.807) is 0 Å². The highest BCUT2D eigenvalue weighted by Crippen LogP contribution is 2.68. The molecule has 0 radical (unpaired) electrons. The number of hydrogen-bond donors (Lipinski definition) is 3. The highest BCUT2D eigenvalue weighted by atomic mass is 32.3. The molecule has 9 nitrogen and oxygen atoms in total. The molecule has 1 unspecified atom stereocenters. The second-order valence-corrected chi connectivity index (χ2v) is 15.6. The molecule has 9 atom stereocenters. The fourth-order valence-corrected chi connectivity index (χ4v) is 10.3. The minimum Gasteiger partial charge on any atom is -0.355 e. The van der Waals surface area contributed by atoms with Crippen molar-refractivity contribution in [3.05, 3.63) is 0 Å². The average Bonchev–Trinajstić information content (AvgIpc) is 3.13. The first-order valence-corrected chi connectivity index (χ1v) is 17.0. The van der Waals surface area contributed by atoms with Crippen LogP contribution in [0.1, 0.15) is 91.4 Å². The largest absolute Gasteiger partial charge is 0.397 e. The Bertz CT molecular complexity index is 1060. The first-order valence-electron chi connectivity index (χ1n) is 14.0. The quantitative estimate of drug-likeness (QED) is 0.353. The fraction of sp³-hybridized carbons (Fsp3) is 0.962. The monoisotopic (exact) mass is 563 g/mol. The van der Waals surface area contributed by atoms with E-state index in [1.807, 2.05) is 0 Å². The Labute approximate surface area is 222 Å². The molecule has 0 bridgehead atoms. The summed E-state index contributed by atoms with van der Waals surface area (Å²) in [6.45, 7) is 7.07. The van der Waals surface area contributed by atoms with Gasteiger partial charge in [0.25, 0.3) is 10.1 Å². The number of nitrogens with one attached hydrogen (secondary N) is 1. The molecule has 0 aromatic heterocycles. The summed E-state index contributed by atoms with van der Waals surface area (Å²) in [5.74, 6) is 2.75. The number of rotatable bonds is 9. The highest BCUT2D eigenvalue weighted by molar-refractivity contribution is 7.85. The van der Waals surface area contributed by atoms with E-state index in [9.17, 15) is 21.6 Å². The predicted molar refractivity (Wildman–Crippen MR) is 139 cm³/mol. The van der Waals surface area contributed by atoms with E-state index < -0.39 is 32.4 Å². The molecule has 0 heterocycles. The van der Waals surface area contributed by atoms with Gasteiger partial charge in [-0.1, -0.05) is 20.8 Å². The normalized spacial score (nSPS) is 40.8. The molecule has 1 amide bonds. The van der Waals surface area contributed by atoms with E-state index in [-0.39, 0.29) is 23.3 Å². The molecule has 0 aromatic carbocycles. The smallest absolute Gasteiger partial charge is 0.355 e. The Hall–Kier alpha value is -0.750. The first-order chi connectivity index (χ1) is 17.1. The van der Waals surface area contributed by atoms with Gasteiger partial charge in [-0.2, -0.15) is 16.8 Å². The molecule has 214 valence electrons. The summed E-state index contributed by atoms with van der Waals surface area (Å²) < 4.78 is 67.2. The Morgan fingerprint density at radius 1 is 0.973 bits per heavy atom. The summed E-state index contributed by atoms with van der Waals surface area (Å²) in [6.07, 6.45) is 10.1. The topological polar surface area (TPSA) is 147 Å². The van der Waals surface area contributed by atoms with Gasteiger partial charge in [-0.25, -0.2) is 4.18 Å². The average molecular weight is 564 g/mol. The van der Waals surface area contributed by atoms with Crippen LogP contribution in [0.3, 0.4) is 0 Å². The second kappa shape index (κ2) is 10.7. The van der Waals surface area contributed by atoms with Crippen molar-refractivity contribution in [1.82, 2.24) is 5.32 Å². The van der Waals surface area contributed by atoms with Gasteiger partial charge in [0.2, 0.25) is 5.91 Å². The molecule has 4 rings (SSSR count). The van der Waals surface area contributed by atoms with E-state index in [0.29, 0.717) is 54.8 Å². The zero-order valence-electron chi connectivity index (χ0n) is 22.4. The summed E-state index contributed by atoms with van der Waals surface area (Å²) in [7, 11) is -8.49. The van der Waals surface area contributed by atoms with Gasteiger partial charge in [-0.05, 0) is 111 Å². The molecular formula is C26H45NO8S2. The standard InChI is InChI=1S/C26H45NO8S2/c1-17(4-9-24(28)27-14-15-36(29,30)31)21-7-8-22-20-6-5-18-16-19(35-37(32,33)34)10-12-25(18,2)23(20)11-13-26(21,22)3/h17-23H,4-16H2,1-3H3,(H,27,28)(H,29,30,31)(H,32,33,34)/t17-,18-,19-,20?,21-,22+,23+,25+,26-/m1/s1. The van der Waals surface area contributed by atoms with E-state index in [4.69, 9.17) is 13.3 Å². The van der Waals surface area contributed by atoms with Crippen molar-refractivity contribution in [3.8, 4) is 0 Å². The zero-order valence-corrected chi connectivity index (χ0v) is 24.0. The molecule has 0 spiro atoms. The van der Waals surface area contributed by atoms with Gasteiger partial charge in [0.15, 0.2) is 0 Å². The molecule has 37 heavy (non-hydrogen) atoms. The van der Waals surface area contributed by atoms with E-state index in [1.165, 1.54) is 32.1 Å². The van der Waals surface area contributed by atoms with Crippen LogP contribution in [-0.2, 0) is 29.5 Å². The Morgan fingerprint density at radius 3 is 2.32 bits per heavy atom. The van der Waals surface area contributed by atoms with Gasteiger partial charge in [0.1, 0.15) is 0 Å². The van der Waals surface area contributed by atoms with Crippen molar-refractivity contribution in [2.75, 3.05) is 12.3 Å². The number of hydrogen-bond acceptors (Lipinski definition) is 6. The van der Waals surface area contributed by atoms with Crippen LogP contribution in [0, 0.1) is 46.3 Å². The van der Waals surface area contributed by atoms with E-state index in [2.05, 4.69) is 26.1 Å². The molecule has 4 aliphatic carbocycles. The van der Waals surface area contributed by atoms with Gasteiger partial charge >= 0.3 is 10.4 Å². The molecule has 11 heteroatoms. The lowest BCUT2D eigenvalue weighted by atomic mass is 9.44. The van der Waals surface area contributed by atoms with Crippen molar-refractivity contribution in [1.29, 1.82) is 0 Å². The van der Waals surface area contributed by atoms with E-state index >= 15 is 0 Å². The van der Waals surface area contributed by atoms with Gasteiger partial charge < -0.3 is 5.32 Å². The molecule has 0 aliphatic heterocycles. The minimum atomic E-state index is -4.42. The molecule has 0 saturated heterocycles. The summed E-state index contributed by atoms with van der Waals surface area (Å²) >= 11 is 0. The SMILES string of the molecule is C[C@H](CCC(=O)NCCS(=O)(=O)O)[C@H]1CC[C@H]2C3CC[C@@H]4C[C@H](OS(=O)(=O)O)CC[C@]4(C)[C@H]3CC[C@]12C. The summed E-state index contributed by atoms with van der Waals surface area (Å²) in [6, 6.07) is 0. The Morgan fingerprint density at radius 2 is 1.65 bits per heavy atom. The second-order valence-electron chi connectivity index (χ2n) is 13.0. The maximum Gasteiger partial charge on any atom is 0.397 e. The lowest BCUT2D eigenvalue weighted by molar-refractivity contribution is -0.127. The lowest BCUT2D eigenvalue weighted by Gasteiger charge is -2.61.